The summed E-state index contributed by atoms with van der Waals surface area (Å²) < 4.78 is 5.70. The summed E-state index contributed by atoms with van der Waals surface area (Å²) in [4.78, 5) is 30.0. The van der Waals surface area contributed by atoms with Crippen molar-refractivity contribution in [3.8, 4) is 22.6 Å². The molecule has 2 amide bonds. The second-order valence-corrected chi connectivity index (χ2v) is 6.49. The summed E-state index contributed by atoms with van der Waals surface area (Å²) in [5, 5.41) is 13.1. The number of phenols is 1. The van der Waals surface area contributed by atoms with Gasteiger partial charge in [0.15, 0.2) is 11.5 Å². The van der Waals surface area contributed by atoms with E-state index in [4.69, 9.17) is 4.74 Å². The highest BCUT2D eigenvalue weighted by Gasteiger charge is 2.27. The Balaban J connectivity index is 1.90. The molecule has 1 aromatic carbocycles. The van der Waals surface area contributed by atoms with Crippen LogP contribution in [-0.4, -0.2) is 46.0 Å². The highest BCUT2D eigenvalue weighted by atomic mass is 16.5. The molecule has 1 atom stereocenters. The molecule has 0 bridgehead atoms. The molecule has 2 heterocycles. The lowest BCUT2D eigenvalue weighted by molar-refractivity contribution is -0.136. The zero-order valence-corrected chi connectivity index (χ0v) is 15.4. The number of amides is 2. The van der Waals surface area contributed by atoms with Crippen LogP contribution in [0.4, 0.5) is 0 Å². The Morgan fingerprint density at radius 1 is 1.37 bits per heavy atom. The number of nitrogens with one attached hydrogen (secondary N) is 1. The number of rotatable bonds is 4. The van der Waals surface area contributed by atoms with Crippen LogP contribution in [0, 0.1) is 0 Å². The minimum atomic E-state index is -0.570. The van der Waals surface area contributed by atoms with Gasteiger partial charge in [0, 0.05) is 37.0 Å². The van der Waals surface area contributed by atoms with Gasteiger partial charge in [0.2, 0.25) is 11.8 Å². The molecular weight excluding hydrogens is 346 g/mol. The number of pyridine rings is 1. The summed E-state index contributed by atoms with van der Waals surface area (Å²) in [6.45, 7) is 4.20. The molecule has 0 saturated heterocycles. The van der Waals surface area contributed by atoms with E-state index in [0.29, 0.717) is 25.3 Å². The number of fused-ring (bicyclic) bond motifs is 1. The fraction of sp³-hybridized carbons (Fsp3) is 0.350. The molecule has 0 fully saturated rings. The third-order valence-electron chi connectivity index (χ3n) is 4.51. The van der Waals surface area contributed by atoms with E-state index in [1.807, 2.05) is 25.1 Å². The molecule has 1 aliphatic rings. The SMILES string of the molecule is CC[C@@H](NC(C)=O)C(=O)N1CCOc2c(O)cc(-c3cccnc3)cc2C1. The summed E-state index contributed by atoms with van der Waals surface area (Å²) in [6, 6.07) is 6.69. The van der Waals surface area contributed by atoms with Crippen LogP contribution in [-0.2, 0) is 16.1 Å². The maximum Gasteiger partial charge on any atom is 0.245 e. The van der Waals surface area contributed by atoms with Gasteiger partial charge in [0.25, 0.3) is 0 Å². The third-order valence-corrected chi connectivity index (χ3v) is 4.51. The van der Waals surface area contributed by atoms with E-state index in [2.05, 4.69) is 10.3 Å². The van der Waals surface area contributed by atoms with Crippen molar-refractivity contribution in [1.29, 1.82) is 0 Å². The molecule has 142 valence electrons. The van der Waals surface area contributed by atoms with E-state index >= 15 is 0 Å². The average Bonchev–Trinajstić information content (AvgIpc) is 2.89. The maximum absolute atomic E-state index is 12.9. The lowest BCUT2D eigenvalue weighted by Gasteiger charge is -2.25. The molecule has 0 aliphatic carbocycles. The smallest absolute Gasteiger partial charge is 0.245 e. The van der Waals surface area contributed by atoms with E-state index < -0.39 is 6.04 Å². The molecule has 2 N–H and O–H groups in total. The normalized spacial score (nSPS) is 14.5. The van der Waals surface area contributed by atoms with Gasteiger partial charge >= 0.3 is 0 Å². The molecule has 3 rings (SSSR count). The van der Waals surface area contributed by atoms with Crippen molar-refractivity contribution in [2.75, 3.05) is 13.2 Å². The Bertz CT molecular complexity index is 839. The van der Waals surface area contributed by atoms with E-state index in [-0.39, 0.29) is 24.2 Å². The molecule has 2 aromatic rings. The maximum atomic E-state index is 12.9. The first kappa shape index (κ1) is 18.7. The van der Waals surface area contributed by atoms with Crippen molar-refractivity contribution in [3.05, 3.63) is 42.2 Å². The Kier molecular flexibility index (Phi) is 5.59. The number of carbonyl (C=O) groups excluding carboxylic acids is 2. The Hall–Kier alpha value is -3.09. The average molecular weight is 369 g/mol. The van der Waals surface area contributed by atoms with Crippen molar-refractivity contribution in [1.82, 2.24) is 15.2 Å². The zero-order chi connectivity index (χ0) is 19.4. The van der Waals surface area contributed by atoms with Gasteiger partial charge in [-0.25, -0.2) is 0 Å². The molecule has 0 saturated carbocycles. The number of hydrogen-bond acceptors (Lipinski definition) is 5. The number of phenolic OH excluding ortho intramolecular Hbond substituents is 1. The number of ether oxygens (including phenoxy) is 1. The van der Waals surface area contributed by atoms with Crippen molar-refractivity contribution in [2.24, 2.45) is 0 Å². The van der Waals surface area contributed by atoms with Gasteiger partial charge in [-0.1, -0.05) is 13.0 Å². The first-order chi connectivity index (χ1) is 13.0. The molecule has 7 heteroatoms. The fourth-order valence-corrected chi connectivity index (χ4v) is 3.19. The molecule has 1 aromatic heterocycles. The van der Waals surface area contributed by atoms with Crippen LogP contribution in [0.2, 0.25) is 0 Å². The molecular formula is C20H23N3O4. The lowest BCUT2D eigenvalue weighted by atomic mass is 10.0. The van der Waals surface area contributed by atoms with Crippen molar-refractivity contribution < 1.29 is 19.4 Å². The van der Waals surface area contributed by atoms with E-state index in [1.165, 1.54) is 6.92 Å². The van der Waals surface area contributed by atoms with Crippen molar-refractivity contribution in [3.63, 3.8) is 0 Å². The van der Waals surface area contributed by atoms with E-state index in [0.717, 1.165) is 16.7 Å². The first-order valence-electron chi connectivity index (χ1n) is 8.94. The van der Waals surface area contributed by atoms with Gasteiger partial charge in [-0.15, -0.1) is 0 Å². The largest absolute Gasteiger partial charge is 0.504 e. The highest BCUT2D eigenvalue weighted by molar-refractivity contribution is 5.87. The van der Waals surface area contributed by atoms with Crippen LogP contribution in [0.1, 0.15) is 25.8 Å². The third kappa shape index (κ3) is 4.19. The minimum Gasteiger partial charge on any atom is -0.504 e. The highest BCUT2D eigenvalue weighted by Crippen LogP contribution is 2.37. The molecule has 27 heavy (non-hydrogen) atoms. The Labute approximate surface area is 158 Å². The Morgan fingerprint density at radius 3 is 2.85 bits per heavy atom. The Morgan fingerprint density at radius 2 is 2.19 bits per heavy atom. The minimum absolute atomic E-state index is 0.0366. The monoisotopic (exact) mass is 369 g/mol. The molecule has 0 spiro atoms. The number of hydrogen-bond donors (Lipinski definition) is 2. The summed E-state index contributed by atoms with van der Waals surface area (Å²) in [5.74, 6) is 0.0358. The predicted molar refractivity (Wildman–Crippen MR) is 100 cm³/mol. The molecule has 7 nitrogen and oxygen atoms in total. The summed E-state index contributed by atoms with van der Waals surface area (Å²) >= 11 is 0. The van der Waals surface area contributed by atoms with Crippen molar-refractivity contribution >= 4 is 11.8 Å². The van der Waals surface area contributed by atoms with Gasteiger partial charge in [0.1, 0.15) is 12.6 Å². The number of aromatic hydroxyl groups is 1. The topological polar surface area (TPSA) is 91.8 Å². The standard InChI is InChI=1S/C20H23N3O4/c1-3-17(22-13(2)24)20(26)23-7-8-27-19-16(12-23)9-15(10-18(19)25)14-5-4-6-21-11-14/h4-6,9-11,17,25H,3,7-8,12H2,1-2H3,(H,22,24)/t17-/m1/s1. The summed E-state index contributed by atoms with van der Waals surface area (Å²) in [7, 11) is 0. The number of aromatic nitrogens is 1. The van der Waals surface area contributed by atoms with Crippen LogP contribution < -0.4 is 10.1 Å². The van der Waals surface area contributed by atoms with Crippen molar-refractivity contribution in [2.45, 2.75) is 32.9 Å². The van der Waals surface area contributed by atoms with Crippen LogP contribution in [0.3, 0.4) is 0 Å². The first-order valence-corrected chi connectivity index (χ1v) is 8.94. The molecule has 0 unspecified atom stereocenters. The van der Waals surface area contributed by atoms with Gasteiger partial charge in [0.05, 0.1) is 6.54 Å². The van der Waals surface area contributed by atoms with E-state index in [1.54, 1.807) is 23.4 Å². The number of nitrogens with zero attached hydrogens (tertiary/aromatic N) is 2. The lowest BCUT2D eigenvalue weighted by Crippen LogP contribution is -2.48. The second kappa shape index (κ2) is 8.07. The van der Waals surface area contributed by atoms with Gasteiger partial charge < -0.3 is 20.1 Å². The quantitative estimate of drug-likeness (QED) is 0.861. The zero-order valence-electron chi connectivity index (χ0n) is 15.4. The van der Waals surface area contributed by atoms with E-state index in [9.17, 15) is 14.7 Å². The van der Waals surface area contributed by atoms with Gasteiger partial charge in [-0.3, -0.25) is 14.6 Å². The fourth-order valence-electron chi connectivity index (χ4n) is 3.19. The van der Waals surface area contributed by atoms with Gasteiger partial charge in [-0.2, -0.15) is 0 Å². The number of benzene rings is 1. The molecule has 1 aliphatic heterocycles. The van der Waals surface area contributed by atoms with Crippen LogP contribution in [0.15, 0.2) is 36.7 Å². The number of carbonyl (C=O) groups is 2. The van der Waals surface area contributed by atoms with Crippen LogP contribution >= 0.6 is 0 Å². The van der Waals surface area contributed by atoms with Crippen LogP contribution in [0.25, 0.3) is 11.1 Å². The molecule has 0 radical (unpaired) electrons. The van der Waals surface area contributed by atoms with Gasteiger partial charge in [-0.05, 0) is 30.2 Å². The van der Waals surface area contributed by atoms with Crippen LogP contribution in [0.5, 0.6) is 11.5 Å². The summed E-state index contributed by atoms with van der Waals surface area (Å²) in [6.07, 6.45) is 3.90. The summed E-state index contributed by atoms with van der Waals surface area (Å²) in [5.41, 5.74) is 2.38. The second-order valence-electron chi connectivity index (χ2n) is 6.49. The predicted octanol–water partition coefficient (Wildman–Crippen LogP) is 2.09.